The van der Waals surface area contributed by atoms with Crippen LogP contribution in [0.2, 0.25) is 0 Å². The lowest BCUT2D eigenvalue weighted by Gasteiger charge is -2.10. The molecule has 5 heteroatoms. The number of hydrogen-bond donors (Lipinski definition) is 2. The third-order valence-electron chi connectivity index (χ3n) is 6.47. The highest BCUT2D eigenvalue weighted by Crippen LogP contribution is 2.13. The van der Waals surface area contributed by atoms with Crippen molar-refractivity contribution in [1.29, 1.82) is 0 Å². The lowest BCUT2D eigenvalue weighted by Crippen LogP contribution is -2.09. The third kappa shape index (κ3) is 14.4. The van der Waals surface area contributed by atoms with Crippen molar-refractivity contribution < 1.29 is 0 Å². The van der Waals surface area contributed by atoms with Crippen molar-refractivity contribution in [2.45, 2.75) is 61.9 Å². The molecular formula is C44H54N4O. The van der Waals surface area contributed by atoms with Gasteiger partial charge in [0.15, 0.2) is 0 Å². The number of nitrogens with one attached hydrogen (secondary N) is 2. The van der Waals surface area contributed by atoms with Crippen molar-refractivity contribution in [2.24, 2.45) is 0 Å². The van der Waals surface area contributed by atoms with E-state index in [1.165, 1.54) is 27.3 Å². The smallest absolute Gasteiger partial charge is 0.255 e. The highest BCUT2D eigenvalue weighted by atomic mass is 16.1. The maximum Gasteiger partial charge on any atom is 0.255 e. The van der Waals surface area contributed by atoms with Gasteiger partial charge in [0.1, 0.15) is 0 Å². The number of H-pyrrole nitrogens is 1. The summed E-state index contributed by atoms with van der Waals surface area (Å²) in [4.78, 5) is 21.9. The molecule has 7 aromatic rings. The van der Waals surface area contributed by atoms with Gasteiger partial charge in [-0.15, -0.1) is 0 Å². The van der Waals surface area contributed by atoms with Gasteiger partial charge in [0.05, 0.1) is 5.52 Å². The number of para-hydroxylation sites is 1. The number of nitrogens with zero attached hydrogens (tertiary/aromatic N) is 2. The molecule has 0 saturated heterocycles. The quantitative estimate of drug-likeness (QED) is 0.171. The van der Waals surface area contributed by atoms with E-state index < -0.39 is 0 Å². The Balaban J connectivity index is 0.000000306. The van der Waals surface area contributed by atoms with Crippen LogP contribution in [0, 0.1) is 0 Å². The Bertz CT molecular complexity index is 1740. The summed E-state index contributed by atoms with van der Waals surface area (Å²) in [6, 6.07) is 40.1. The Morgan fingerprint density at radius 1 is 0.551 bits per heavy atom. The van der Waals surface area contributed by atoms with Crippen molar-refractivity contribution in [2.75, 3.05) is 0 Å². The zero-order valence-electron chi connectivity index (χ0n) is 30.5. The lowest BCUT2D eigenvalue weighted by molar-refractivity contribution is 0.859. The van der Waals surface area contributed by atoms with Crippen LogP contribution in [-0.2, 0) is 6.54 Å². The minimum atomic E-state index is -0.0249. The molecule has 0 radical (unpaired) electrons. The van der Waals surface area contributed by atoms with Crippen LogP contribution in [0.5, 0.6) is 0 Å². The topological polar surface area (TPSA) is 70.7 Å². The molecule has 49 heavy (non-hydrogen) atoms. The van der Waals surface area contributed by atoms with E-state index in [1.807, 2.05) is 153 Å². The zero-order chi connectivity index (χ0) is 36.1. The highest BCUT2D eigenvalue weighted by molar-refractivity contribution is 5.81. The van der Waals surface area contributed by atoms with Crippen molar-refractivity contribution >= 4 is 38.5 Å². The van der Waals surface area contributed by atoms with Gasteiger partial charge in [-0.25, -0.2) is 0 Å². The standard InChI is InChI=1S/C9H7NO.C9H7N.C9H9N.C9H7N.4C2H6/c11-9-8-4-2-1-3-7(8)5-6-10-9;1-2-6-9-8(4-1)5-3-7-10-9;2*1-2-4-9-7-10-6-5-8(9)3-1;4*1-2/h1-6H,(H,10,11);1-7H;1-6,10H,7H2;1-7H;4*1-2H3. The molecule has 0 atom stereocenters. The average molecular weight is 655 g/mol. The molecule has 3 aromatic heterocycles. The molecule has 1 aliphatic heterocycles. The van der Waals surface area contributed by atoms with Crippen molar-refractivity contribution in [3.05, 3.63) is 174 Å². The molecule has 5 nitrogen and oxygen atoms in total. The fourth-order valence-corrected chi connectivity index (χ4v) is 4.35. The SMILES string of the molecule is C1=Cc2ccccc2CN1.CC.CC.CC.CC.O=c1[nH]ccc2ccccc12.c1ccc2cnccc2c1.c1ccc2ncccc2c1. The van der Waals surface area contributed by atoms with Crippen LogP contribution in [0.25, 0.3) is 38.5 Å². The summed E-state index contributed by atoms with van der Waals surface area (Å²) in [5.41, 5.74) is 3.75. The fraction of sp³-hybridized carbons (Fsp3) is 0.205. The molecule has 0 aliphatic carbocycles. The molecule has 0 spiro atoms. The fourth-order valence-electron chi connectivity index (χ4n) is 4.35. The number of rotatable bonds is 0. The van der Waals surface area contributed by atoms with Crippen molar-refractivity contribution in [1.82, 2.24) is 20.3 Å². The lowest BCUT2D eigenvalue weighted by atomic mass is 10.1. The Hall–Kier alpha value is -5.55. The maximum absolute atomic E-state index is 11.1. The first-order valence-electron chi connectivity index (χ1n) is 17.4. The van der Waals surface area contributed by atoms with Gasteiger partial charge in [0.25, 0.3) is 5.56 Å². The van der Waals surface area contributed by atoms with E-state index in [4.69, 9.17) is 0 Å². The summed E-state index contributed by atoms with van der Waals surface area (Å²) in [5, 5.41) is 8.53. The molecule has 4 aromatic carbocycles. The van der Waals surface area contributed by atoms with Crippen LogP contribution in [-0.4, -0.2) is 15.0 Å². The van der Waals surface area contributed by atoms with Crippen LogP contribution in [0.3, 0.4) is 0 Å². The summed E-state index contributed by atoms with van der Waals surface area (Å²) in [6.45, 7) is 17.0. The largest absolute Gasteiger partial charge is 0.387 e. The number of fused-ring (bicyclic) bond motifs is 4. The minimum Gasteiger partial charge on any atom is -0.387 e. The van der Waals surface area contributed by atoms with E-state index in [0.29, 0.717) is 0 Å². The van der Waals surface area contributed by atoms with Gasteiger partial charge in [0.2, 0.25) is 0 Å². The summed E-state index contributed by atoms with van der Waals surface area (Å²) in [6.07, 6.45) is 11.2. The summed E-state index contributed by atoms with van der Waals surface area (Å²) in [5.74, 6) is 0. The summed E-state index contributed by atoms with van der Waals surface area (Å²) >= 11 is 0. The van der Waals surface area contributed by atoms with E-state index in [-0.39, 0.29) is 5.56 Å². The van der Waals surface area contributed by atoms with E-state index in [9.17, 15) is 4.79 Å². The molecule has 0 bridgehead atoms. The Morgan fingerprint density at radius 3 is 1.82 bits per heavy atom. The van der Waals surface area contributed by atoms with Gasteiger partial charge in [-0.05, 0) is 69.9 Å². The summed E-state index contributed by atoms with van der Waals surface area (Å²) < 4.78 is 0. The van der Waals surface area contributed by atoms with Crippen LogP contribution in [0.4, 0.5) is 0 Å². The number of aromatic nitrogens is 3. The van der Waals surface area contributed by atoms with Gasteiger partial charge in [0, 0.05) is 42.1 Å². The van der Waals surface area contributed by atoms with Crippen molar-refractivity contribution in [3.8, 4) is 0 Å². The minimum absolute atomic E-state index is 0.0249. The van der Waals surface area contributed by atoms with E-state index in [2.05, 4.69) is 74.9 Å². The van der Waals surface area contributed by atoms with Gasteiger partial charge in [-0.1, -0.05) is 146 Å². The molecule has 0 saturated carbocycles. The number of pyridine rings is 3. The molecule has 2 N–H and O–H groups in total. The second-order valence-corrected chi connectivity index (χ2v) is 9.23. The Labute approximate surface area is 293 Å². The second-order valence-electron chi connectivity index (χ2n) is 9.23. The molecule has 0 unspecified atom stereocenters. The Kier molecular flexibility index (Phi) is 22.4. The van der Waals surface area contributed by atoms with Crippen LogP contribution >= 0.6 is 0 Å². The maximum atomic E-state index is 11.1. The predicted molar refractivity (Wildman–Crippen MR) is 216 cm³/mol. The highest BCUT2D eigenvalue weighted by Gasteiger charge is 1.99. The third-order valence-corrected chi connectivity index (χ3v) is 6.47. The molecule has 1 aliphatic rings. The van der Waals surface area contributed by atoms with E-state index in [1.54, 1.807) is 6.20 Å². The number of benzene rings is 4. The van der Waals surface area contributed by atoms with Crippen LogP contribution in [0.1, 0.15) is 66.5 Å². The predicted octanol–water partition coefficient (Wildman–Crippen LogP) is 11.9. The van der Waals surface area contributed by atoms with Gasteiger partial charge >= 0.3 is 0 Å². The normalized spacial score (nSPS) is 9.71. The molecule has 0 fully saturated rings. The van der Waals surface area contributed by atoms with E-state index >= 15 is 0 Å². The number of hydrogen-bond acceptors (Lipinski definition) is 4. The Morgan fingerprint density at radius 2 is 1.14 bits per heavy atom. The monoisotopic (exact) mass is 654 g/mol. The first-order valence-corrected chi connectivity index (χ1v) is 17.4. The first kappa shape index (κ1) is 41.5. The zero-order valence-corrected chi connectivity index (χ0v) is 30.5. The molecule has 256 valence electrons. The van der Waals surface area contributed by atoms with Crippen molar-refractivity contribution in [3.63, 3.8) is 0 Å². The molecular weight excluding hydrogens is 601 g/mol. The molecule has 0 amide bonds. The molecule has 4 heterocycles. The molecule has 8 rings (SSSR count). The number of aromatic amines is 1. The van der Waals surface area contributed by atoms with Crippen LogP contribution < -0.4 is 10.9 Å². The van der Waals surface area contributed by atoms with Gasteiger partial charge in [-0.2, -0.15) is 0 Å². The van der Waals surface area contributed by atoms with Gasteiger partial charge < -0.3 is 10.3 Å². The van der Waals surface area contributed by atoms with Gasteiger partial charge in [-0.3, -0.25) is 14.8 Å². The van der Waals surface area contributed by atoms with E-state index in [0.717, 1.165) is 22.8 Å². The second kappa shape index (κ2) is 26.5. The summed E-state index contributed by atoms with van der Waals surface area (Å²) in [7, 11) is 0. The average Bonchev–Trinajstić information content (AvgIpc) is 3.22. The van der Waals surface area contributed by atoms with Crippen LogP contribution in [0.15, 0.2) is 157 Å². The first-order chi connectivity index (χ1) is 24.3.